The number of rotatable bonds is 3. The number of nitrogens with one attached hydrogen (secondary N) is 2. The number of thiazole rings is 1. The molecule has 0 aliphatic heterocycles. The van der Waals surface area contributed by atoms with Crippen molar-refractivity contribution in [2.75, 3.05) is 19.4 Å². The minimum Gasteiger partial charge on any atom is -0.454 e. The fraction of sp³-hybridized carbons (Fsp3) is 0.200. The van der Waals surface area contributed by atoms with E-state index in [1.807, 2.05) is 26.1 Å². The van der Waals surface area contributed by atoms with Gasteiger partial charge in [0.15, 0.2) is 5.76 Å². The van der Waals surface area contributed by atoms with Crippen molar-refractivity contribution in [2.45, 2.75) is 6.92 Å². The topological polar surface area (TPSA) is 67.2 Å². The van der Waals surface area contributed by atoms with Gasteiger partial charge in [-0.1, -0.05) is 0 Å². The van der Waals surface area contributed by atoms with Gasteiger partial charge in [-0.15, -0.1) is 11.3 Å². The molecule has 2 N–H and O–H groups in total. The maximum Gasteiger partial charge on any atom is 0.255 e. The van der Waals surface area contributed by atoms with Crippen molar-refractivity contribution in [3.63, 3.8) is 0 Å². The number of hydrogen-bond donors (Lipinski definition) is 2. The maximum absolute atomic E-state index is 12.3. The summed E-state index contributed by atoms with van der Waals surface area (Å²) in [7, 11) is 3.45. The molecule has 0 radical (unpaired) electrons. The number of amides is 1. The molecule has 114 valence electrons. The van der Waals surface area contributed by atoms with E-state index in [0.717, 1.165) is 25.4 Å². The van der Waals surface area contributed by atoms with Gasteiger partial charge in [0.2, 0.25) is 0 Å². The lowest BCUT2D eigenvalue weighted by Crippen LogP contribution is -2.18. The highest BCUT2D eigenvalue weighted by molar-refractivity contribution is 9.10. The zero-order chi connectivity index (χ0) is 15.9. The molecule has 1 amide bonds. The molecule has 3 aromatic rings. The molecule has 2 aromatic heterocycles. The average Bonchev–Trinajstić information content (AvgIpc) is 3.08. The Hall–Kier alpha value is -1.86. The Morgan fingerprint density at radius 1 is 1.36 bits per heavy atom. The van der Waals surface area contributed by atoms with Crippen LogP contribution in [0.3, 0.4) is 0 Å². The van der Waals surface area contributed by atoms with Crippen molar-refractivity contribution >= 4 is 49.8 Å². The number of nitrogens with zero attached hydrogens (tertiary/aromatic N) is 1. The van der Waals surface area contributed by atoms with Crippen LogP contribution in [0.1, 0.15) is 15.4 Å². The zero-order valence-electron chi connectivity index (χ0n) is 12.3. The highest BCUT2D eigenvalue weighted by atomic mass is 79.9. The van der Waals surface area contributed by atoms with Gasteiger partial charge in [0.25, 0.3) is 5.91 Å². The fourth-order valence-corrected chi connectivity index (χ4v) is 3.61. The van der Waals surface area contributed by atoms with E-state index in [2.05, 4.69) is 31.5 Å². The van der Waals surface area contributed by atoms with Crippen molar-refractivity contribution in [3.05, 3.63) is 33.4 Å². The second-order valence-corrected chi connectivity index (χ2v) is 6.80. The van der Waals surface area contributed by atoms with E-state index < -0.39 is 0 Å². The fourth-order valence-electron chi connectivity index (χ4n) is 2.30. The Bertz CT molecular complexity index is 869. The van der Waals surface area contributed by atoms with Crippen molar-refractivity contribution < 1.29 is 9.21 Å². The van der Waals surface area contributed by atoms with Crippen molar-refractivity contribution in [1.29, 1.82) is 0 Å². The third kappa shape index (κ3) is 2.40. The summed E-state index contributed by atoms with van der Waals surface area (Å²) in [6, 6.07) is 3.77. The molecule has 0 bridgehead atoms. The lowest BCUT2D eigenvalue weighted by molar-refractivity contribution is 0.0965. The van der Waals surface area contributed by atoms with Crippen LogP contribution in [0, 0.1) is 6.92 Å². The number of carbonyl (C=O) groups is 1. The summed E-state index contributed by atoms with van der Waals surface area (Å²) in [6.45, 7) is 1.92. The van der Waals surface area contributed by atoms with Crippen LogP contribution in [0.5, 0.6) is 0 Å². The largest absolute Gasteiger partial charge is 0.454 e. The molecule has 0 atom stereocenters. The minimum absolute atomic E-state index is 0.177. The van der Waals surface area contributed by atoms with E-state index in [1.54, 1.807) is 13.2 Å². The van der Waals surface area contributed by atoms with Crippen LogP contribution in [0.2, 0.25) is 0 Å². The Balaban J connectivity index is 2.33. The number of benzene rings is 1. The molecular weight excluding hydrogens is 366 g/mol. The SMILES string of the molecule is CNC(=O)c1c(-c2cnc(C)s2)oc2cc(NC)c(Br)cc12. The molecule has 0 aliphatic rings. The van der Waals surface area contributed by atoms with E-state index in [9.17, 15) is 4.79 Å². The first-order valence-corrected chi connectivity index (χ1v) is 8.24. The van der Waals surface area contributed by atoms with Crippen LogP contribution in [-0.4, -0.2) is 25.0 Å². The number of hydrogen-bond acceptors (Lipinski definition) is 5. The summed E-state index contributed by atoms with van der Waals surface area (Å²) < 4.78 is 6.84. The van der Waals surface area contributed by atoms with Gasteiger partial charge in [0.05, 0.1) is 21.1 Å². The summed E-state index contributed by atoms with van der Waals surface area (Å²) in [4.78, 5) is 17.4. The number of carbonyl (C=O) groups excluding carboxylic acids is 1. The predicted molar refractivity (Wildman–Crippen MR) is 92.7 cm³/mol. The summed E-state index contributed by atoms with van der Waals surface area (Å²) in [6.07, 6.45) is 1.73. The Morgan fingerprint density at radius 2 is 2.14 bits per heavy atom. The maximum atomic E-state index is 12.3. The lowest BCUT2D eigenvalue weighted by atomic mass is 10.1. The summed E-state index contributed by atoms with van der Waals surface area (Å²) in [5.41, 5.74) is 2.09. The van der Waals surface area contributed by atoms with Gasteiger partial charge in [0, 0.05) is 36.2 Å². The molecule has 5 nitrogen and oxygen atoms in total. The first kappa shape index (κ1) is 15.1. The van der Waals surface area contributed by atoms with E-state index in [0.29, 0.717) is 16.9 Å². The van der Waals surface area contributed by atoms with Crippen molar-refractivity contribution in [3.8, 4) is 10.6 Å². The second kappa shape index (κ2) is 5.73. The number of furan rings is 1. The van der Waals surface area contributed by atoms with E-state index in [1.165, 1.54) is 11.3 Å². The molecule has 7 heteroatoms. The summed E-state index contributed by atoms with van der Waals surface area (Å²) in [5.74, 6) is 0.379. The average molecular weight is 380 g/mol. The van der Waals surface area contributed by atoms with Gasteiger partial charge in [-0.05, 0) is 28.9 Å². The third-order valence-corrected chi connectivity index (χ3v) is 4.91. The normalized spacial score (nSPS) is 10.9. The molecule has 3 rings (SSSR count). The second-order valence-electron chi connectivity index (χ2n) is 4.71. The van der Waals surface area contributed by atoms with Gasteiger partial charge in [-0.2, -0.15) is 0 Å². The van der Waals surface area contributed by atoms with Gasteiger partial charge < -0.3 is 15.1 Å². The van der Waals surface area contributed by atoms with E-state index in [-0.39, 0.29) is 5.91 Å². The number of aryl methyl sites for hydroxylation is 1. The van der Waals surface area contributed by atoms with Crippen LogP contribution in [0.25, 0.3) is 21.6 Å². The predicted octanol–water partition coefficient (Wildman–Crippen LogP) is 4.03. The molecular formula is C15H14BrN3O2S. The number of fused-ring (bicyclic) bond motifs is 1. The zero-order valence-corrected chi connectivity index (χ0v) is 14.7. The molecule has 2 heterocycles. The van der Waals surface area contributed by atoms with E-state index >= 15 is 0 Å². The molecule has 0 aliphatic carbocycles. The van der Waals surface area contributed by atoms with Crippen LogP contribution in [-0.2, 0) is 0 Å². The minimum atomic E-state index is -0.177. The number of anilines is 1. The first-order valence-electron chi connectivity index (χ1n) is 6.63. The van der Waals surface area contributed by atoms with Crippen LogP contribution >= 0.6 is 27.3 Å². The molecule has 1 aromatic carbocycles. The molecule has 0 spiro atoms. The monoisotopic (exact) mass is 379 g/mol. The standard InChI is InChI=1S/C15H14BrN3O2S/c1-7-19-6-12(22-7)14-13(15(20)18-3)8-4-9(16)10(17-2)5-11(8)21-14/h4-6,17H,1-3H3,(H,18,20). The van der Waals surface area contributed by atoms with E-state index in [4.69, 9.17) is 4.42 Å². The van der Waals surface area contributed by atoms with Crippen LogP contribution in [0.15, 0.2) is 27.2 Å². The molecule has 0 unspecified atom stereocenters. The first-order chi connectivity index (χ1) is 10.5. The third-order valence-electron chi connectivity index (χ3n) is 3.35. The van der Waals surface area contributed by atoms with Gasteiger partial charge in [-0.3, -0.25) is 4.79 Å². The quantitative estimate of drug-likeness (QED) is 0.720. The molecule has 22 heavy (non-hydrogen) atoms. The van der Waals surface area contributed by atoms with Crippen LogP contribution in [0.4, 0.5) is 5.69 Å². The summed E-state index contributed by atoms with van der Waals surface area (Å²) in [5, 5.41) is 7.46. The van der Waals surface area contributed by atoms with Gasteiger partial charge in [-0.25, -0.2) is 4.98 Å². The number of aromatic nitrogens is 1. The van der Waals surface area contributed by atoms with Gasteiger partial charge in [0.1, 0.15) is 5.58 Å². The van der Waals surface area contributed by atoms with Crippen LogP contribution < -0.4 is 10.6 Å². The Morgan fingerprint density at radius 3 is 2.73 bits per heavy atom. The lowest BCUT2D eigenvalue weighted by Gasteiger charge is -2.03. The Kier molecular flexibility index (Phi) is 3.92. The number of halogens is 1. The Labute approximate surface area is 139 Å². The molecule has 0 saturated carbocycles. The smallest absolute Gasteiger partial charge is 0.255 e. The van der Waals surface area contributed by atoms with Crippen molar-refractivity contribution in [1.82, 2.24) is 10.3 Å². The highest BCUT2D eigenvalue weighted by Crippen LogP contribution is 2.39. The summed E-state index contributed by atoms with van der Waals surface area (Å²) >= 11 is 5.01. The molecule has 0 fully saturated rings. The van der Waals surface area contributed by atoms with Gasteiger partial charge >= 0.3 is 0 Å². The molecule has 0 saturated heterocycles. The van der Waals surface area contributed by atoms with Crippen molar-refractivity contribution in [2.24, 2.45) is 0 Å². The highest BCUT2D eigenvalue weighted by Gasteiger charge is 2.23.